The van der Waals surface area contributed by atoms with E-state index in [4.69, 9.17) is 11.7 Å². The Hall–Kier alpha value is -1.03. The molecule has 0 aromatic rings. The summed E-state index contributed by atoms with van der Waals surface area (Å²) < 4.78 is 0. The summed E-state index contributed by atoms with van der Waals surface area (Å²) in [5, 5.41) is 8.55. The fourth-order valence-electron chi connectivity index (χ4n) is 1.66. The summed E-state index contributed by atoms with van der Waals surface area (Å²) in [6, 6.07) is 2.17. The van der Waals surface area contributed by atoms with Crippen molar-refractivity contribution in [3.63, 3.8) is 0 Å². The SMILES string of the molecule is C#CC(C)(C)N1CCN(CC#N)CC1. The van der Waals surface area contributed by atoms with E-state index in [0.717, 1.165) is 26.2 Å². The minimum atomic E-state index is -0.154. The average molecular weight is 191 g/mol. The molecule has 0 radical (unpaired) electrons. The van der Waals surface area contributed by atoms with Gasteiger partial charge in [-0.3, -0.25) is 9.80 Å². The molecule has 0 aliphatic carbocycles. The van der Waals surface area contributed by atoms with Gasteiger partial charge in [0.2, 0.25) is 0 Å². The molecule has 1 fully saturated rings. The van der Waals surface area contributed by atoms with E-state index < -0.39 is 0 Å². The van der Waals surface area contributed by atoms with Crippen LogP contribution >= 0.6 is 0 Å². The highest BCUT2D eigenvalue weighted by molar-refractivity contribution is 5.09. The maximum Gasteiger partial charge on any atom is 0.0866 e. The molecule has 0 atom stereocenters. The number of piperazine rings is 1. The minimum Gasteiger partial charge on any atom is -0.288 e. The molecule has 0 aromatic carbocycles. The van der Waals surface area contributed by atoms with Crippen LogP contribution in [0.1, 0.15) is 13.8 Å². The molecular weight excluding hydrogens is 174 g/mol. The highest BCUT2D eigenvalue weighted by atomic mass is 15.3. The zero-order chi connectivity index (χ0) is 10.6. The molecule has 1 heterocycles. The molecule has 1 saturated heterocycles. The summed E-state index contributed by atoms with van der Waals surface area (Å²) in [4.78, 5) is 4.45. The lowest BCUT2D eigenvalue weighted by atomic mass is 10.0. The highest BCUT2D eigenvalue weighted by Crippen LogP contribution is 2.15. The lowest BCUT2D eigenvalue weighted by molar-refractivity contribution is 0.0881. The van der Waals surface area contributed by atoms with E-state index in [1.165, 1.54) is 0 Å². The van der Waals surface area contributed by atoms with Crippen molar-refractivity contribution < 1.29 is 0 Å². The van der Waals surface area contributed by atoms with Gasteiger partial charge in [0, 0.05) is 26.2 Å². The van der Waals surface area contributed by atoms with E-state index in [0.29, 0.717) is 6.54 Å². The van der Waals surface area contributed by atoms with Gasteiger partial charge in [-0.05, 0) is 13.8 Å². The number of hydrogen-bond acceptors (Lipinski definition) is 3. The fourth-order valence-corrected chi connectivity index (χ4v) is 1.66. The van der Waals surface area contributed by atoms with Gasteiger partial charge in [0.1, 0.15) is 0 Å². The molecule has 0 bridgehead atoms. The van der Waals surface area contributed by atoms with Crippen LogP contribution in [0.4, 0.5) is 0 Å². The van der Waals surface area contributed by atoms with Crippen LogP contribution in [0.25, 0.3) is 0 Å². The normalized spacial score (nSPS) is 20.0. The molecular formula is C11H17N3. The Bertz CT molecular complexity index is 261. The zero-order valence-corrected chi connectivity index (χ0v) is 8.95. The Balaban J connectivity index is 2.45. The molecule has 0 aromatic heterocycles. The number of rotatable bonds is 2. The number of nitriles is 1. The van der Waals surface area contributed by atoms with Crippen molar-refractivity contribution in [2.75, 3.05) is 32.7 Å². The van der Waals surface area contributed by atoms with Crippen LogP contribution in [0.5, 0.6) is 0 Å². The summed E-state index contributed by atoms with van der Waals surface area (Å²) in [6.45, 7) is 8.46. The Labute approximate surface area is 86.3 Å². The Morgan fingerprint density at radius 3 is 2.29 bits per heavy atom. The topological polar surface area (TPSA) is 30.3 Å². The van der Waals surface area contributed by atoms with Crippen LogP contribution in [0, 0.1) is 23.7 Å². The molecule has 0 spiro atoms. The summed E-state index contributed by atoms with van der Waals surface area (Å²) in [5.74, 6) is 2.80. The van der Waals surface area contributed by atoms with E-state index in [9.17, 15) is 0 Å². The third kappa shape index (κ3) is 2.48. The Kier molecular flexibility index (Phi) is 3.52. The van der Waals surface area contributed by atoms with Gasteiger partial charge in [0.05, 0.1) is 18.2 Å². The molecule has 1 aliphatic heterocycles. The molecule has 0 amide bonds. The summed E-state index contributed by atoms with van der Waals surface area (Å²) in [6.07, 6.45) is 5.47. The Morgan fingerprint density at radius 1 is 1.29 bits per heavy atom. The molecule has 0 saturated carbocycles. The molecule has 1 rings (SSSR count). The smallest absolute Gasteiger partial charge is 0.0866 e. The first-order valence-electron chi connectivity index (χ1n) is 4.92. The summed E-state index contributed by atoms with van der Waals surface area (Å²) in [7, 11) is 0. The molecule has 3 nitrogen and oxygen atoms in total. The van der Waals surface area contributed by atoms with Gasteiger partial charge in [-0.1, -0.05) is 5.92 Å². The van der Waals surface area contributed by atoms with E-state index in [1.54, 1.807) is 0 Å². The zero-order valence-electron chi connectivity index (χ0n) is 8.95. The van der Waals surface area contributed by atoms with Crippen LogP contribution in [0.2, 0.25) is 0 Å². The van der Waals surface area contributed by atoms with Gasteiger partial charge in [0.25, 0.3) is 0 Å². The fraction of sp³-hybridized carbons (Fsp3) is 0.727. The predicted molar refractivity (Wildman–Crippen MR) is 56.5 cm³/mol. The van der Waals surface area contributed by atoms with Crippen molar-refractivity contribution in [2.24, 2.45) is 0 Å². The van der Waals surface area contributed by atoms with Gasteiger partial charge in [-0.2, -0.15) is 5.26 Å². The second-order valence-corrected chi connectivity index (χ2v) is 4.12. The molecule has 0 N–H and O–H groups in total. The molecule has 14 heavy (non-hydrogen) atoms. The molecule has 76 valence electrons. The minimum absolute atomic E-state index is 0.154. The van der Waals surface area contributed by atoms with E-state index in [2.05, 4.69) is 35.6 Å². The van der Waals surface area contributed by atoms with Gasteiger partial charge in [-0.25, -0.2) is 0 Å². The van der Waals surface area contributed by atoms with Crippen LogP contribution < -0.4 is 0 Å². The summed E-state index contributed by atoms with van der Waals surface area (Å²) >= 11 is 0. The van der Waals surface area contributed by atoms with E-state index in [1.807, 2.05) is 0 Å². The van der Waals surface area contributed by atoms with Gasteiger partial charge < -0.3 is 0 Å². The first-order chi connectivity index (χ1) is 6.60. The number of terminal acetylenes is 1. The largest absolute Gasteiger partial charge is 0.288 e. The first kappa shape index (κ1) is 11.0. The summed E-state index contributed by atoms with van der Waals surface area (Å²) in [5.41, 5.74) is -0.154. The van der Waals surface area contributed by atoms with Gasteiger partial charge in [0.15, 0.2) is 0 Å². The maximum atomic E-state index is 8.55. The van der Waals surface area contributed by atoms with Crippen LogP contribution in [-0.4, -0.2) is 48.1 Å². The standard InChI is InChI=1S/C11H17N3/c1-4-11(2,3)14-9-7-13(6-5-12)8-10-14/h1H,6-10H2,2-3H3. The second kappa shape index (κ2) is 4.46. The first-order valence-corrected chi connectivity index (χ1v) is 4.92. The third-order valence-corrected chi connectivity index (χ3v) is 2.81. The van der Waals surface area contributed by atoms with Crippen LogP contribution in [-0.2, 0) is 0 Å². The monoisotopic (exact) mass is 191 g/mol. The van der Waals surface area contributed by atoms with Crippen LogP contribution in [0.3, 0.4) is 0 Å². The van der Waals surface area contributed by atoms with Crippen molar-refractivity contribution in [1.82, 2.24) is 9.80 Å². The predicted octanol–water partition coefficient (Wildman–Crippen LogP) is 0.539. The molecule has 0 unspecified atom stereocenters. The Morgan fingerprint density at radius 2 is 1.86 bits per heavy atom. The third-order valence-electron chi connectivity index (χ3n) is 2.81. The van der Waals surface area contributed by atoms with Gasteiger partial charge >= 0.3 is 0 Å². The highest BCUT2D eigenvalue weighted by Gasteiger charge is 2.27. The lowest BCUT2D eigenvalue weighted by Gasteiger charge is -2.40. The van der Waals surface area contributed by atoms with Crippen molar-refractivity contribution >= 4 is 0 Å². The lowest BCUT2D eigenvalue weighted by Crippen LogP contribution is -2.54. The van der Waals surface area contributed by atoms with Crippen molar-refractivity contribution in [3.05, 3.63) is 0 Å². The quantitative estimate of drug-likeness (QED) is 0.471. The maximum absolute atomic E-state index is 8.55. The van der Waals surface area contributed by atoms with Gasteiger partial charge in [-0.15, -0.1) is 6.42 Å². The van der Waals surface area contributed by atoms with E-state index >= 15 is 0 Å². The number of hydrogen-bond donors (Lipinski definition) is 0. The second-order valence-electron chi connectivity index (χ2n) is 4.12. The average Bonchev–Trinajstić information content (AvgIpc) is 2.19. The van der Waals surface area contributed by atoms with Crippen molar-refractivity contribution in [1.29, 1.82) is 5.26 Å². The molecule has 1 aliphatic rings. The van der Waals surface area contributed by atoms with Crippen molar-refractivity contribution in [2.45, 2.75) is 19.4 Å². The van der Waals surface area contributed by atoms with Crippen LogP contribution in [0.15, 0.2) is 0 Å². The van der Waals surface area contributed by atoms with Crippen molar-refractivity contribution in [3.8, 4) is 18.4 Å². The number of nitrogens with zero attached hydrogens (tertiary/aromatic N) is 3. The van der Waals surface area contributed by atoms with E-state index in [-0.39, 0.29) is 5.54 Å². The molecule has 3 heteroatoms.